The number of anilines is 1. The van der Waals surface area contributed by atoms with Crippen molar-refractivity contribution >= 4 is 29.7 Å². The highest BCUT2D eigenvalue weighted by Gasteiger charge is 2.19. The van der Waals surface area contributed by atoms with E-state index >= 15 is 0 Å². The third-order valence-electron chi connectivity index (χ3n) is 3.12. The van der Waals surface area contributed by atoms with Gasteiger partial charge in [-0.05, 0) is 25.5 Å². The number of hydrogen-bond acceptors (Lipinski definition) is 5. The van der Waals surface area contributed by atoms with Gasteiger partial charge >= 0.3 is 0 Å². The molecular formula is C12H17ClN4O3. The molecule has 7 nitrogen and oxygen atoms in total. The van der Waals surface area contributed by atoms with Crippen molar-refractivity contribution in [2.75, 3.05) is 18.8 Å². The second kappa shape index (κ2) is 7.06. The summed E-state index contributed by atoms with van der Waals surface area (Å²) in [5.74, 6) is -0.366. The van der Waals surface area contributed by atoms with E-state index in [2.05, 4.69) is 10.6 Å². The molecule has 0 saturated carbocycles. The number of amides is 1. The normalized spacial score (nSPS) is 17.9. The summed E-state index contributed by atoms with van der Waals surface area (Å²) in [7, 11) is 0. The summed E-state index contributed by atoms with van der Waals surface area (Å²) < 4.78 is 0. The molecule has 20 heavy (non-hydrogen) atoms. The van der Waals surface area contributed by atoms with E-state index in [9.17, 15) is 14.9 Å². The predicted octanol–water partition coefficient (Wildman–Crippen LogP) is 1.08. The first-order valence-corrected chi connectivity index (χ1v) is 6.13. The van der Waals surface area contributed by atoms with Gasteiger partial charge in [-0.3, -0.25) is 14.9 Å². The lowest BCUT2D eigenvalue weighted by atomic mass is 10.1. The van der Waals surface area contributed by atoms with Gasteiger partial charge in [-0.1, -0.05) is 0 Å². The summed E-state index contributed by atoms with van der Waals surface area (Å²) in [5.41, 5.74) is 5.95. The lowest BCUT2D eigenvalue weighted by Crippen LogP contribution is -2.45. The Hall–Kier alpha value is -1.86. The van der Waals surface area contributed by atoms with E-state index in [-0.39, 0.29) is 41.3 Å². The zero-order valence-corrected chi connectivity index (χ0v) is 11.6. The van der Waals surface area contributed by atoms with Crippen molar-refractivity contribution in [1.82, 2.24) is 10.6 Å². The highest BCUT2D eigenvalue weighted by atomic mass is 35.5. The maximum Gasteiger partial charge on any atom is 0.270 e. The van der Waals surface area contributed by atoms with Crippen LogP contribution in [0.15, 0.2) is 18.2 Å². The fourth-order valence-corrected chi connectivity index (χ4v) is 2.09. The van der Waals surface area contributed by atoms with Crippen molar-refractivity contribution in [3.05, 3.63) is 33.9 Å². The van der Waals surface area contributed by atoms with Crippen LogP contribution < -0.4 is 16.4 Å². The average Bonchev–Trinajstić information content (AvgIpc) is 2.40. The lowest BCUT2D eigenvalue weighted by Gasteiger charge is -2.24. The van der Waals surface area contributed by atoms with Crippen LogP contribution in [0, 0.1) is 10.1 Å². The second-order valence-corrected chi connectivity index (χ2v) is 4.55. The van der Waals surface area contributed by atoms with Gasteiger partial charge in [0, 0.05) is 30.4 Å². The van der Waals surface area contributed by atoms with Gasteiger partial charge in [0.05, 0.1) is 10.5 Å². The second-order valence-electron chi connectivity index (χ2n) is 4.55. The number of nitrogen functional groups attached to an aromatic ring is 1. The molecule has 1 atom stereocenters. The Morgan fingerprint density at radius 2 is 2.25 bits per heavy atom. The Labute approximate surface area is 122 Å². The molecular weight excluding hydrogens is 284 g/mol. The van der Waals surface area contributed by atoms with Gasteiger partial charge in [0.25, 0.3) is 11.6 Å². The topological polar surface area (TPSA) is 110 Å². The fraction of sp³-hybridized carbons (Fsp3) is 0.417. The van der Waals surface area contributed by atoms with E-state index < -0.39 is 4.92 Å². The lowest BCUT2D eigenvalue weighted by molar-refractivity contribution is -0.384. The first kappa shape index (κ1) is 16.2. The Morgan fingerprint density at radius 1 is 1.50 bits per heavy atom. The van der Waals surface area contributed by atoms with Crippen LogP contribution in [0.3, 0.4) is 0 Å². The highest BCUT2D eigenvalue weighted by Crippen LogP contribution is 2.19. The predicted molar refractivity (Wildman–Crippen MR) is 78.1 cm³/mol. The Balaban J connectivity index is 0.00000200. The number of hydrogen-bond donors (Lipinski definition) is 3. The van der Waals surface area contributed by atoms with Crippen molar-refractivity contribution in [2.24, 2.45) is 0 Å². The summed E-state index contributed by atoms with van der Waals surface area (Å²) in [6, 6.07) is 3.92. The van der Waals surface area contributed by atoms with Gasteiger partial charge in [-0.15, -0.1) is 12.4 Å². The van der Waals surface area contributed by atoms with Gasteiger partial charge in [0.2, 0.25) is 0 Å². The van der Waals surface area contributed by atoms with Crippen LogP contribution >= 0.6 is 12.4 Å². The molecule has 110 valence electrons. The van der Waals surface area contributed by atoms with Crippen LogP contribution in [0.2, 0.25) is 0 Å². The number of halogens is 1. The molecule has 1 aliphatic heterocycles. The van der Waals surface area contributed by atoms with Crippen molar-refractivity contribution in [3.8, 4) is 0 Å². The number of rotatable bonds is 3. The number of nitrogens with zero attached hydrogens (tertiary/aromatic N) is 1. The first-order valence-electron chi connectivity index (χ1n) is 6.13. The van der Waals surface area contributed by atoms with Gasteiger partial charge in [0.15, 0.2) is 0 Å². The molecule has 1 saturated heterocycles. The molecule has 1 aliphatic rings. The molecule has 1 aromatic carbocycles. The quantitative estimate of drug-likeness (QED) is 0.439. The summed E-state index contributed by atoms with van der Waals surface area (Å²) >= 11 is 0. The number of nitrogens with two attached hydrogens (primary N) is 1. The van der Waals surface area contributed by atoms with E-state index in [4.69, 9.17) is 5.73 Å². The number of nitrogens with one attached hydrogen (secondary N) is 2. The van der Waals surface area contributed by atoms with Crippen LogP contribution in [0.5, 0.6) is 0 Å². The zero-order valence-electron chi connectivity index (χ0n) is 10.8. The Morgan fingerprint density at radius 3 is 2.85 bits per heavy atom. The van der Waals surface area contributed by atoms with Crippen molar-refractivity contribution in [1.29, 1.82) is 0 Å². The molecule has 0 spiro atoms. The Kier molecular flexibility index (Phi) is 5.72. The maximum atomic E-state index is 12.1. The minimum Gasteiger partial charge on any atom is -0.398 e. The SMILES string of the molecule is Cl.Nc1ccc([N+](=O)[O-])cc1C(=O)NC1CCCNC1. The van der Waals surface area contributed by atoms with E-state index in [1.54, 1.807) is 0 Å². The summed E-state index contributed by atoms with van der Waals surface area (Å²) in [5, 5.41) is 16.7. The number of benzene rings is 1. The molecule has 1 aromatic rings. The molecule has 0 radical (unpaired) electrons. The van der Waals surface area contributed by atoms with Crippen LogP contribution in [0.25, 0.3) is 0 Å². The molecule has 0 aliphatic carbocycles. The van der Waals surface area contributed by atoms with E-state index in [1.807, 2.05) is 0 Å². The molecule has 2 rings (SSSR count). The van der Waals surface area contributed by atoms with E-state index in [0.717, 1.165) is 19.4 Å². The number of nitro benzene ring substituents is 1. The number of carbonyl (C=O) groups is 1. The van der Waals surface area contributed by atoms with Crippen molar-refractivity contribution in [3.63, 3.8) is 0 Å². The zero-order chi connectivity index (χ0) is 13.8. The molecule has 1 amide bonds. The first-order chi connectivity index (χ1) is 9.08. The molecule has 4 N–H and O–H groups in total. The highest BCUT2D eigenvalue weighted by molar-refractivity contribution is 6.00. The van der Waals surface area contributed by atoms with Gasteiger partial charge < -0.3 is 16.4 Å². The van der Waals surface area contributed by atoms with E-state index in [1.165, 1.54) is 18.2 Å². The third kappa shape index (κ3) is 3.82. The van der Waals surface area contributed by atoms with Gasteiger partial charge in [-0.2, -0.15) is 0 Å². The van der Waals surface area contributed by atoms with Crippen LogP contribution in [0.1, 0.15) is 23.2 Å². The largest absolute Gasteiger partial charge is 0.398 e. The maximum absolute atomic E-state index is 12.1. The monoisotopic (exact) mass is 300 g/mol. The Bertz CT molecular complexity index is 503. The number of nitro groups is 1. The van der Waals surface area contributed by atoms with Gasteiger partial charge in [-0.25, -0.2) is 0 Å². The fourth-order valence-electron chi connectivity index (χ4n) is 2.09. The minimum atomic E-state index is -0.543. The van der Waals surface area contributed by atoms with Crippen molar-refractivity contribution < 1.29 is 9.72 Å². The molecule has 1 unspecified atom stereocenters. The molecule has 0 aromatic heterocycles. The standard InChI is InChI=1S/C12H16N4O3.ClH/c13-11-4-3-9(16(18)19)6-10(11)12(17)15-8-2-1-5-14-7-8;/h3-4,6,8,14H,1-2,5,7,13H2,(H,15,17);1H. The minimum absolute atomic E-state index is 0. The smallest absolute Gasteiger partial charge is 0.270 e. The molecule has 1 fully saturated rings. The molecule has 1 heterocycles. The molecule has 8 heteroatoms. The van der Waals surface area contributed by atoms with Gasteiger partial charge in [0.1, 0.15) is 0 Å². The third-order valence-corrected chi connectivity index (χ3v) is 3.12. The summed E-state index contributed by atoms with van der Waals surface area (Å²) in [6.07, 6.45) is 1.89. The number of carbonyl (C=O) groups excluding carboxylic acids is 1. The summed E-state index contributed by atoms with van der Waals surface area (Å²) in [4.78, 5) is 22.2. The van der Waals surface area contributed by atoms with E-state index in [0.29, 0.717) is 6.54 Å². The van der Waals surface area contributed by atoms with Crippen LogP contribution in [0.4, 0.5) is 11.4 Å². The average molecular weight is 301 g/mol. The van der Waals surface area contributed by atoms with Crippen molar-refractivity contribution in [2.45, 2.75) is 18.9 Å². The molecule has 0 bridgehead atoms. The number of non-ortho nitro benzene ring substituents is 1. The van der Waals surface area contributed by atoms with Crippen LogP contribution in [-0.4, -0.2) is 30.0 Å². The summed E-state index contributed by atoms with van der Waals surface area (Å²) in [6.45, 7) is 1.66. The van der Waals surface area contributed by atoms with Crippen LogP contribution in [-0.2, 0) is 0 Å². The number of piperidine rings is 1.